The van der Waals surface area contributed by atoms with Crippen molar-refractivity contribution in [2.24, 2.45) is 17.8 Å². The highest BCUT2D eigenvalue weighted by atomic mass is 35.5. The van der Waals surface area contributed by atoms with Gasteiger partial charge in [-0.3, -0.25) is 14.4 Å². The van der Waals surface area contributed by atoms with E-state index in [4.69, 9.17) is 26.8 Å². The average molecular weight is 1190 g/mol. The van der Waals surface area contributed by atoms with Gasteiger partial charge in [0.15, 0.2) is 34.0 Å². The molecule has 3 aliphatic rings. The van der Waals surface area contributed by atoms with Crippen LogP contribution in [-0.4, -0.2) is 110 Å². The Morgan fingerprint density at radius 3 is 1.39 bits per heavy atom. The Morgan fingerprint density at radius 1 is 0.566 bits per heavy atom. The minimum Gasteiger partial charge on any atom is -0.497 e. The monoisotopic (exact) mass is 1190 g/mol. The summed E-state index contributed by atoms with van der Waals surface area (Å²) in [5, 5.41) is 15.4. The summed E-state index contributed by atoms with van der Waals surface area (Å²) in [6, 6.07) is 13.9. The van der Waals surface area contributed by atoms with Gasteiger partial charge in [0.05, 0.1) is 50.9 Å². The van der Waals surface area contributed by atoms with Crippen LogP contribution in [0.4, 0.5) is 51.1 Å². The van der Waals surface area contributed by atoms with Gasteiger partial charge in [0.1, 0.15) is 28.3 Å². The normalized spacial score (nSPS) is 17.7. The summed E-state index contributed by atoms with van der Waals surface area (Å²) in [4.78, 5) is 52.1. The van der Waals surface area contributed by atoms with Gasteiger partial charge in [-0.1, -0.05) is 51.6 Å². The Labute approximate surface area is 475 Å². The second-order valence-electron chi connectivity index (χ2n) is 20.6. The molecule has 0 bridgehead atoms. The van der Waals surface area contributed by atoms with Crippen LogP contribution in [0.2, 0.25) is 5.15 Å². The fraction of sp³-hybridized carbons (Fsp3) is 0.500. The van der Waals surface area contributed by atoms with Crippen molar-refractivity contribution >= 4 is 57.9 Å². The zero-order valence-corrected chi connectivity index (χ0v) is 46.8. The molecule has 448 valence electrons. The van der Waals surface area contributed by atoms with Gasteiger partial charge in [0.2, 0.25) is 17.7 Å². The molecule has 3 amide bonds. The van der Waals surface area contributed by atoms with E-state index in [0.717, 1.165) is 53.1 Å². The number of imidazole rings is 3. The quantitative estimate of drug-likeness (QED) is 0.0815. The molecular formula is C54H62ClF9N14O5. The molecule has 19 nitrogen and oxygen atoms in total. The third-order valence-electron chi connectivity index (χ3n) is 14.5. The summed E-state index contributed by atoms with van der Waals surface area (Å²) >= 11 is 5.80. The number of nitrogens with zero attached hydrogens (tertiary/aromatic N) is 12. The number of hydrogen-bond acceptors (Lipinski definition) is 13. The van der Waals surface area contributed by atoms with E-state index in [1.165, 1.54) is 49.5 Å². The lowest BCUT2D eigenvalue weighted by molar-refractivity contribution is -0.143. The van der Waals surface area contributed by atoms with Crippen molar-refractivity contribution < 1.29 is 63.4 Å². The molecule has 83 heavy (non-hydrogen) atoms. The molecule has 0 spiro atoms. The second-order valence-corrected chi connectivity index (χ2v) is 21.0. The van der Waals surface area contributed by atoms with Gasteiger partial charge in [0.25, 0.3) is 0 Å². The fourth-order valence-electron chi connectivity index (χ4n) is 10.7. The Bertz CT molecular complexity index is 3330. The van der Waals surface area contributed by atoms with E-state index in [1.807, 2.05) is 26.8 Å². The highest BCUT2D eigenvalue weighted by Gasteiger charge is 2.43. The largest absolute Gasteiger partial charge is 0.497 e. The SMILES string of the molecule is CCCC1CC(=O)N(Cc2c(C(F)(F)F)nc3ccc(Cl)nn23)C1.CCCC1CC(=O)N(Cc2c(C(F)(F)F)nc3ccc(N)nn23)C1.CCCC1CC(=O)N(Cc2c(C(F)(F)F)nc3ccc(NCc4ccc(OC)cc4OC)nn23)C1. The molecular weight excluding hydrogens is 1130 g/mol. The first kappa shape index (κ1) is 61.4. The highest BCUT2D eigenvalue weighted by molar-refractivity contribution is 6.29. The highest BCUT2D eigenvalue weighted by Crippen LogP contribution is 2.38. The molecule has 3 fully saturated rings. The predicted octanol–water partition coefficient (Wildman–Crippen LogP) is 10.6. The van der Waals surface area contributed by atoms with Crippen molar-refractivity contribution in [2.45, 2.75) is 123 Å². The first-order valence-electron chi connectivity index (χ1n) is 26.9. The zero-order chi connectivity index (χ0) is 60.1. The topological polar surface area (TPSA) is 208 Å². The number of amides is 3. The van der Waals surface area contributed by atoms with Crippen molar-refractivity contribution in [2.75, 3.05) is 44.9 Å². The van der Waals surface area contributed by atoms with Crippen LogP contribution in [0.15, 0.2) is 54.6 Å². The van der Waals surface area contributed by atoms with Gasteiger partial charge < -0.3 is 35.2 Å². The minimum absolute atomic E-state index is 0.0541. The molecule has 7 aromatic rings. The van der Waals surface area contributed by atoms with Crippen molar-refractivity contribution in [3.8, 4) is 11.5 Å². The number of carbonyl (C=O) groups is 3. The summed E-state index contributed by atoms with van der Waals surface area (Å²) < 4.78 is 135. The number of alkyl halides is 9. The standard InChI is InChI=1S/C24H28F3N5O3.C15H16ClF3N4O.C15H18F3N5O/c1-4-5-15-10-22(33)31(13-15)14-18-23(24(25,26)27)29-21-9-8-20(30-32(18)21)28-12-16-6-7-17(34-2)11-19(16)35-3;1-2-3-9-6-13(24)22(7-9)8-10-14(15(17,18)19)20-12-5-4-11(16)21-23(10)12;1-2-3-9-6-13(24)22(7-9)8-10-14(15(16,17)18)20-12-5-4-11(19)21-23(10)12/h6-9,11,15H,4-5,10,12-14H2,1-3H3,(H,28,30);4-5,9H,2-3,6-8H2,1H3;4-5,9H,2-3,6-8H2,1H3,(H2,19,21). The van der Waals surface area contributed by atoms with Crippen LogP contribution >= 0.6 is 11.6 Å². The van der Waals surface area contributed by atoms with E-state index >= 15 is 0 Å². The van der Waals surface area contributed by atoms with Crippen molar-refractivity contribution in [3.05, 3.63) is 99.5 Å². The van der Waals surface area contributed by atoms with Gasteiger partial charge in [-0.2, -0.15) is 44.6 Å². The van der Waals surface area contributed by atoms with E-state index in [2.05, 4.69) is 35.6 Å². The molecule has 10 rings (SSSR count). The number of rotatable bonds is 17. The lowest BCUT2D eigenvalue weighted by Crippen LogP contribution is -2.27. The molecule has 29 heteroatoms. The van der Waals surface area contributed by atoms with Gasteiger partial charge >= 0.3 is 18.5 Å². The summed E-state index contributed by atoms with van der Waals surface area (Å²) in [6.45, 7) is 7.19. The van der Waals surface area contributed by atoms with Gasteiger partial charge in [-0.05, 0) is 85.5 Å². The number of halogens is 10. The molecule has 3 N–H and O–H groups in total. The number of benzene rings is 1. The van der Waals surface area contributed by atoms with Crippen LogP contribution < -0.4 is 20.5 Å². The zero-order valence-electron chi connectivity index (χ0n) is 46.0. The maximum Gasteiger partial charge on any atom is 0.435 e. The number of nitrogens with one attached hydrogen (secondary N) is 1. The van der Waals surface area contributed by atoms with Crippen LogP contribution in [-0.2, 0) is 59.1 Å². The smallest absolute Gasteiger partial charge is 0.435 e. The Balaban J connectivity index is 0.000000167. The summed E-state index contributed by atoms with van der Waals surface area (Å²) in [5.74, 6) is 1.81. The number of nitrogens with two attached hydrogens (primary N) is 1. The molecule has 0 aliphatic carbocycles. The molecule has 3 saturated heterocycles. The number of nitrogen functional groups attached to an aromatic ring is 1. The number of methoxy groups -OCH3 is 2. The number of likely N-dealkylation sites (tertiary alicyclic amines) is 3. The second kappa shape index (κ2) is 25.5. The Morgan fingerprint density at radius 2 is 0.976 bits per heavy atom. The number of anilines is 2. The van der Waals surface area contributed by atoms with E-state index < -0.39 is 35.6 Å². The van der Waals surface area contributed by atoms with Crippen LogP contribution in [0.25, 0.3) is 16.9 Å². The van der Waals surface area contributed by atoms with Gasteiger partial charge in [0, 0.05) is 57.1 Å². The first-order chi connectivity index (χ1) is 39.3. The Hall–Kier alpha value is -7.65. The summed E-state index contributed by atoms with van der Waals surface area (Å²) in [5.41, 5.74) is 3.05. The molecule has 0 radical (unpaired) electrons. The van der Waals surface area contributed by atoms with E-state index in [0.29, 0.717) is 62.8 Å². The van der Waals surface area contributed by atoms with E-state index in [1.54, 1.807) is 32.4 Å². The molecule has 6 aromatic heterocycles. The Kier molecular flexibility index (Phi) is 18.8. The van der Waals surface area contributed by atoms with Crippen molar-refractivity contribution in [1.29, 1.82) is 0 Å². The minimum atomic E-state index is -4.67. The number of aromatic nitrogens is 9. The third kappa shape index (κ3) is 14.4. The van der Waals surface area contributed by atoms with E-state index in [9.17, 15) is 53.9 Å². The lowest BCUT2D eigenvalue weighted by atomic mass is 10.0. The van der Waals surface area contributed by atoms with Crippen LogP contribution in [0, 0.1) is 17.8 Å². The molecule has 0 saturated carbocycles. The molecule has 3 atom stereocenters. The molecule has 3 unspecified atom stereocenters. The molecule has 9 heterocycles. The van der Waals surface area contributed by atoms with Crippen molar-refractivity contribution in [3.63, 3.8) is 0 Å². The summed E-state index contributed by atoms with van der Waals surface area (Å²) in [7, 11) is 3.10. The van der Waals surface area contributed by atoms with Crippen LogP contribution in [0.5, 0.6) is 11.5 Å². The predicted molar refractivity (Wildman–Crippen MR) is 286 cm³/mol. The number of ether oxygens (including phenoxy) is 2. The van der Waals surface area contributed by atoms with Crippen LogP contribution in [0.1, 0.15) is 118 Å². The van der Waals surface area contributed by atoms with E-state index in [-0.39, 0.29) is 100 Å². The first-order valence-corrected chi connectivity index (χ1v) is 27.3. The maximum absolute atomic E-state index is 13.8. The van der Waals surface area contributed by atoms with Gasteiger partial charge in [-0.25, -0.2) is 28.5 Å². The maximum atomic E-state index is 13.8. The molecule has 1 aromatic carbocycles. The molecule has 3 aliphatic heterocycles. The number of carbonyl (C=O) groups excluding carboxylic acids is 3. The fourth-order valence-corrected chi connectivity index (χ4v) is 10.8. The summed E-state index contributed by atoms with van der Waals surface area (Å²) in [6.07, 6.45) is -7.38. The van der Waals surface area contributed by atoms with Crippen molar-refractivity contribution in [1.82, 2.24) is 58.5 Å². The number of hydrogen-bond donors (Lipinski definition) is 2. The number of fused-ring (bicyclic) bond motifs is 3. The lowest BCUT2D eigenvalue weighted by Gasteiger charge is -2.18. The average Bonchev–Trinajstić information content (AvgIpc) is 2.73. The van der Waals surface area contributed by atoms with Crippen LogP contribution in [0.3, 0.4) is 0 Å². The third-order valence-corrected chi connectivity index (χ3v) is 14.7. The van der Waals surface area contributed by atoms with Gasteiger partial charge in [-0.15, -0.1) is 10.2 Å².